The second kappa shape index (κ2) is 6.95. The molecule has 0 aliphatic heterocycles. The largest absolute Gasteiger partial charge is 0.460 e. The maximum Gasteiger partial charge on any atom is 0.338 e. The average molecular weight is 212 g/mol. The van der Waals surface area contributed by atoms with Gasteiger partial charge in [0.15, 0.2) is 0 Å². The summed E-state index contributed by atoms with van der Waals surface area (Å²) in [6.45, 7) is -0.105. The second-order valence-corrected chi connectivity index (χ2v) is 2.80. The third-order valence-electron chi connectivity index (χ3n) is 1.69. The van der Waals surface area contributed by atoms with Gasteiger partial charge in [0.05, 0.1) is 18.8 Å². The van der Waals surface area contributed by atoms with Crippen LogP contribution in [0.15, 0.2) is 30.3 Å². The lowest BCUT2D eigenvalue weighted by Gasteiger charge is -2.04. The van der Waals surface area contributed by atoms with E-state index in [1.807, 2.05) is 6.07 Å². The molecule has 0 unspecified atom stereocenters. The minimum absolute atomic E-state index is 0.0445. The van der Waals surface area contributed by atoms with Crippen molar-refractivity contribution in [3.8, 4) is 0 Å². The van der Waals surface area contributed by atoms with Crippen molar-refractivity contribution in [2.45, 2.75) is 0 Å². The van der Waals surface area contributed by atoms with E-state index in [4.69, 9.17) is 9.47 Å². The van der Waals surface area contributed by atoms with Gasteiger partial charge in [-0.2, -0.15) is 0 Å². The zero-order valence-corrected chi connectivity index (χ0v) is 8.32. The van der Waals surface area contributed by atoms with Crippen molar-refractivity contribution < 1.29 is 18.7 Å². The van der Waals surface area contributed by atoms with Crippen molar-refractivity contribution in [3.05, 3.63) is 35.9 Å². The van der Waals surface area contributed by atoms with E-state index < -0.39 is 6.67 Å². The molecule has 0 spiro atoms. The first-order valence-corrected chi connectivity index (χ1v) is 4.70. The van der Waals surface area contributed by atoms with E-state index in [1.54, 1.807) is 24.3 Å². The molecule has 1 aromatic carbocycles. The SMILES string of the molecule is O=C(OCCOCCF)c1ccccc1. The van der Waals surface area contributed by atoms with E-state index in [2.05, 4.69) is 0 Å². The van der Waals surface area contributed by atoms with Crippen LogP contribution in [0.5, 0.6) is 0 Å². The molecule has 3 nitrogen and oxygen atoms in total. The summed E-state index contributed by atoms with van der Waals surface area (Å²) in [5.41, 5.74) is 0.503. The third-order valence-corrected chi connectivity index (χ3v) is 1.69. The fraction of sp³-hybridized carbons (Fsp3) is 0.364. The molecule has 0 N–H and O–H groups in total. The van der Waals surface area contributed by atoms with Gasteiger partial charge in [0.1, 0.15) is 13.3 Å². The molecule has 0 aliphatic rings. The van der Waals surface area contributed by atoms with Crippen LogP contribution in [0.2, 0.25) is 0 Å². The normalized spacial score (nSPS) is 9.93. The molecule has 0 fully saturated rings. The van der Waals surface area contributed by atoms with Gasteiger partial charge in [0, 0.05) is 0 Å². The van der Waals surface area contributed by atoms with Gasteiger partial charge in [-0.1, -0.05) is 18.2 Å². The minimum Gasteiger partial charge on any atom is -0.460 e. The van der Waals surface area contributed by atoms with Crippen molar-refractivity contribution in [1.82, 2.24) is 0 Å². The van der Waals surface area contributed by atoms with E-state index in [0.717, 1.165) is 0 Å². The first kappa shape index (κ1) is 11.7. The minimum atomic E-state index is -0.521. The highest BCUT2D eigenvalue weighted by molar-refractivity contribution is 5.89. The summed E-state index contributed by atoms with van der Waals surface area (Å²) in [5.74, 6) is -0.389. The molecule has 82 valence electrons. The predicted molar refractivity (Wildman–Crippen MR) is 53.5 cm³/mol. The van der Waals surface area contributed by atoms with E-state index in [1.165, 1.54) is 0 Å². The molecule has 1 aromatic rings. The first-order chi connectivity index (χ1) is 7.34. The maximum absolute atomic E-state index is 11.6. The Morgan fingerprint density at radius 3 is 2.53 bits per heavy atom. The molecular formula is C11H13FO3. The number of ether oxygens (including phenoxy) is 2. The predicted octanol–water partition coefficient (Wildman–Crippen LogP) is 1.83. The summed E-state index contributed by atoms with van der Waals surface area (Å²) in [6, 6.07) is 8.68. The number of esters is 1. The van der Waals surface area contributed by atoms with Crippen molar-refractivity contribution in [2.24, 2.45) is 0 Å². The van der Waals surface area contributed by atoms with Gasteiger partial charge in [-0.25, -0.2) is 9.18 Å². The maximum atomic E-state index is 11.6. The van der Waals surface area contributed by atoms with Crippen LogP contribution in [0.4, 0.5) is 4.39 Å². The number of halogens is 1. The Labute approximate surface area is 87.8 Å². The zero-order valence-electron chi connectivity index (χ0n) is 8.32. The standard InChI is InChI=1S/C11H13FO3/c12-6-7-14-8-9-15-11(13)10-4-2-1-3-5-10/h1-5H,6-9H2. The Hall–Kier alpha value is -1.42. The fourth-order valence-corrected chi connectivity index (χ4v) is 1.01. The van der Waals surface area contributed by atoms with E-state index in [9.17, 15) is 9.18 Å². The monoisotopic (exact) mass is 212 g/mol. The zero-order chi connectivity index (χ0) is 10.9. The van der Waals surface area contributed by atoms with Crippen LogP contribution < -0.4 is 0 Å². The number of alkyl halides is 1. The third kappa shape index (κ3) is 4.56. The Morgan fingerprint density at radius 2 is 1.87 bits per heavy atom. The van der Waals surface area contributed by atoms with Crippen LogP contribution in [-0.4, -0.2) is 32.5 Å². The number of hydrogen-bond donors (Lipinski definition) is 0. The number of carbonyl (C=O) groups is 1. The van der Waals surface area contributed by atoms with Crippen LogP contribution >= 0.6 is 0 Å². The summed E-state index contributed by atoms with van der Waals surface area (Å²) in [7, 11) is 0. The molecule has 15 heavy (non-hydrogen) atoms. The summed E-state index contributed by atoms with van der Waals surface area (Å²) >= 11 is 0. The molecule has 4 heteroatoms. The topological polar surface area (TPSA) is 35.5 Å². The van der Waals surface area contributed by atoms with Crippen LogP contribution in [0.1, 0.15) is 10.4 Å². The second-order valence-electron chi connectivity index (χ2n) is 2.80. The number of rotatable bonds is 6. The smallest absolute Gasteiger partial charge is 0.338 e. The summed E-state index contributed by atoms with van der Waals surface area (Å²) in [4.78, 5) is 11.3. The summed E-state index contributed by atoms with van der Waals surface area (Å²) in [6.07, 6.45) is 0. The van der Waals surface area contributed by atoms with Crippen LogP contribution in [-0.2, 0) is 9.47 Å². The molecule has 0 bridgehead atoms. The summed E-state index contributed by atoms with van der Waals surface area (Å²) in [5, 5.41) is 0. The Morgan fingerprint density at radius 1 is 1.13 bits per heavy atom. The highest BCUT2D eigenvalue weighted by Crippen LogP contribution is 2.00. The highest BCUT2D eigenvalue weighted by Gasteiger charge is 2.04. The lowest BCUT2D eigenvalue weighted by atomic mass is 10.2. The molecule has 0 aromatic heterocycles. The number of benzene rings is 1. The molecule has 0 heterocycles. The van der Waals surface area contributed by atoms with Crippen LogP contribution in [0.3, 0.4) is 0 Å². The highest BCUT2D eigenvalue weighted by atomic mass is 19.1. The summed E-state index contributed by atoms with van der Waals surface area (Å²) < 4.78 is 21.3. The first-order valence-electron chi connectivity index (χ1n) is 4.70. The molecule has 1 rings (SSSR count). The number of hydrogen-bond acceptors (Lipinski definition) is 3. The van der Waals surface area contributed by atoms with Gasteiger partial charge < -0.3 is 9.47 Å². The average Bonchev–Trinajstić information content (AvgIpc) is 2.30. The lowest BCUT2D eigenvalue weighted by molar-refractivity contribution is 0.0300. The van der Waals surface area contributed by atoms with Crippen molar-refractivity contribution in [3.63, 3.8) is 0 Å². The Bertz CT molecular complexity index is 287. The van der Waals surface area contributed by atoms with Crippen molar-refractivity contribution in [2.75, 3.05) is 26.5 Å². The lowest BCUT2D eigenvalue weighted by Crippen LogP contribution is -2.11. The van der Waals surface area contributed by atoms with Gasteiger partial charge in [-0.05, 0) is 12.1 Å². The quantitative estimate of drug-likeness (QED) is 0.533. The molecule has 0 atom stereocenters. The van der Waals surface area contributed by atoms with Crippen molar-refractivity contribution >= 4 is 5.97 Å². The van der Waals surface area contributed by atoms with Crippen LogP contribution in [0, 0.1) is 0 Å². The van der Waals surface area contributed by atoms with Gasteiger partial charge in [-0.3, -0.25) is 0 Å². The van der Waals surface area contributed by atoms with E-state index >= 15 is 0 Å². The van der Waals surface area contributed by atoms with Gasteiger partial charge in [0.2, 0.25) is 0 Å². The van der Waals surface area contributed by atoms with Gasteiger partial charge >= 0.3 is 5.97 Å². The fourth-order valence-electron chi connectivity index (χ4n) is 1.01. The van der Waals surface area contributed by atoms with Gasteiger partial charge in [-0.15, -0.1) is 0 Å². The van der Waals surface area contributed by atoms with Gasteiger partial charge in [0.25, 0.3) is 0 Å². The van der Waals surface area contributed by atoms with E-state index in [0.29, 0.717) is 5.56 Å². The molecule has 0 aliphatic carbocycles. The molecular weight excluding hydrogens is 199 g/mol. The van der Waals surface area contributed by atoms with Crippen LogP contribution in [0.25, 0.3) is 0 Å². The molecule has 0 amide bonds. The molecule has 0 saturated carbocycles. The van der Waals surface area contributed by atoms with E-state index in [-0.39, 0.29) is 25.8 Å². The Balaban J connectivity index is 2.20. The molecule has 0 radical (unpaired) electrons. The molecule has 0 saturated heterocycles. The van der Waals surface area contributed by atoms with Crippen molar-refractivity contribution in [1.29, 1.82) is 0 Å². The number of carbonyl (C=O) groups excluding carboxylic acids is 1. The Kier molecular flexibility index (Phi) is 5.40.